The summed E-state index contributed by atoms with van der Waals surface area (Å²) in [6.45, 7) is 0. The Labute approximate surface area is 249 Å². The maximum Gasteiger partial charge on any atom is 0.132 e. The number of nitrogens with zero attached hydrogens (tertiary/aromatic N) is 2. The standard InChI is InChI=1S/C38H29N3O2/c1-4-10-32-26(7-1)27-17-18-40-37(27)41(32)25-14-16-31-36(20-25)43-34-12-6-3-9-29(34)38(31)28-8-2-5-11-33(28)42-35-19-23(13-15-30(35)38)24-21-39-22-24/h2-6,8-11,13-19,21-22,25,34,40H,1,7,12,20H2. The van der Waals surface area contributed by atoms with Crippen molar-refractivity contribution in [3.63, 3.8) is 0 Å². The molecule has 5 nitrogen and oxygen atoms in total. The second-order valence-electron chi connectivity index (χ2n) is 12.2. The van der Waals surface area contributed by atoms with Gasteiger partial charge in [0.25, 0.3) is 0 Å². The van der Waals surface area contributed by atoms with Crippen molar-refractivity contribution in [2.24, 2.45) is 4.99 Å². The molecule has 2 aromatic heterocycles. The van der Waals surface area contributed by atoms with E-state index in [9.17, 15) is 0 Å². The lowest BCUT2D eigenvalue weighted by Crippen LogP contribution is -2.45. The SMILES string of the molecule is C1=CCC2OC3=C(C=CC(n4c5c(c6cc[nH]c64)CCC=C5)C3)C3(C2=C1)c1ccccc1Oc1cc(C2=CN=C2)ccc13. The molecular formula is C38H29N3O2. The number of allylic oxidation sites excluding steroid dienone is 8. The predicted octanol–water partition coefficient (Wildman–Crippen LogP) is 8.49. The summed E-state index contributed by atoms with van der Waals surface area (Å²) in [5, 5.41) is 1.34. The highest BCUT2D eigenvalue weighted by atomic mass is 16.5. The van der Waals surface area contributed by atoms with Gasteiger partial charge in [-0.25, -0.2) is 0 Å². The Morgan fingerprint density at radius 3 is 2.86 bits per heavy atom. The van der Waals surface area contributed by atoms with Crippen molar-refractivity contribution >= 4 is 28.9 Å². The van der Waals surface area contributed by atoms with Crippen molar-refractivity contribution in [3.05, 3.63) is 142 Å². The summed E-state index contributed by atoms with van der Waals surface area (Å²) >= 11 is 0. The van der Waals surface area contributed by atoms with Crippen LogP contribution in [-0.2, 0) is 16.6 Å². The third-order valence-corrected chi connectivity index (χ3v) is 10.1. The number of aromatic nitrogens is 2. The number of rotatable bonds is 2. The number of hydrogen-bond acceptors (Lipinski definition) is 3. The van der Waals surface area contributed by atoms with Crippen LogP contribution in [0.5, 0.6) is 11.5 Å². The molecule has 43 heavy (non-hydrogen) atoms. The fourth-order valence-corrected chi connectivity index (χ4v) is 8.25. The summed E-state index contributed by atoms with van der Waals surface area (Å²) in [7, 11) is 0. The van der Waals surface area contributed by atoms with E-state index in [1.807, 2.05) is 12.4 Å². The van der Waals surface area contributed by atoms with E-state index < -0.39 is 5.41 Å². The van der Waals surface area contributed by atoms with Gasteiger partial charge in [-0.2, -0.15) is 0 Å². The van der Waals surface area contributed by atoms with Gasteiger partial charge in [0, 0.05) is 64.8 Å². The van der Waals surface area contributed by atoms with Gasteiger partial charge in [-0.15, -0.1) is 0 Å². The lowest BCUT2D eigenvalue weighted by Gasteiger charge is -2.50. The monoisotopic (exact) mass is 559 g/mol. The van der Waals surface area contributed by atoms with Crippen molar-refractivity contribution < 1.29 is 9.47 Å². The number of aromatic amines is 1. The van der Waals surface area contributed by atoms with Crippen LogP contribution in [0.4, 0.5) is 0 Å². The molecule has 1 N–H and O–H groups in total. The van der Waals surface area contributed by atoms with Crippen molar-refractivity contribution in [3.8, 4) is 11.5 Å². The Balaban J connectivity index is 1.20. The Morgan fingerprint density at radius 1 is 1.00 bits per heavy atom. The van der Waals surface area contributed by atoms with Gasteiger partial charge in [-0.1, -0.05) is 66.8 Å². The first-order valence-electron chi connectivity index (χ1n) is 15.3. The van der Waals surface area contributed by atoms with E-state index >= 15 is 0 Å². The van der Waals surface area contributed by atoms with Gasteiger partial charge in [-0.3, -0.25) is 4.99 Å². The number of aliphatic imine (C=N–C) groups is 1. The van der Waals surface area contributed by atoms with Gasteiger partial charge in [0.05, 0.1) is 11.5 Å². The van der Waals surface area contributed by atoms with E-state index in [0.717, 1.165) is 54.1 Å². The van der Waals surface area contributed by atoms with Crippen LogP contribution in [0.3, 0.4) is 0 Å². The zero-order chi connectivity index (χ0) is 28.1. The average Bonchev–Trinajstić information content (AvgIpc) is 3.61. The molecule has 3 aliphatic heterocycles. The number of fused-ring (bicyclic) bond motifs is 10. The number of aryl methyl sites for hydroxylation is 1. The highest BCUT2D eigenvalue weighted by Gasteiger charge is 2.54. The molecular weight excluding hydrogens is 530 g/mol. The Bertz CT molecular complexity index is 2110. The van der Waals surface area contributed by atoms with E-state index in [2.05, 4.69) is 112 Å². The minimum absolute atomic E-state index is 0.0416. The zero-order valence-electron chi connectivity index (χ0n) is 23.6. The minimum Gasteiger partial charge on any atom is -0.490 e. The normalized spacial score (nSPS) is 25.6. The van der Waals surface area contributed by atoms with Crippen LogP contribution < -0.4 is 4.74 Å². The van der Waals surface area contributed by atoms with Crippen LogP contribution >= 0.6 is 0 Å². The summed E-state index contributed by atoms with van der Waals surface area (Å²) < 4.78 is 16.2. The number of hydrogen-bond donors (Lipinski definition) is 1. The van der Waals surface area contributed by atoms with Crippen LogP contribution in [0.1, 0.15) is 53.3 Å². The number of benzene rings is 2. The average molecular weight is 560 g/mol. The summed E-state index contributed by atoms with van der Waals surface area (Å²) in [5.74, 6) is 2.88. The highest BCUT2D eigenvalue weighted by molar-refractivity contribution is 6.14. The Hall–Kier alpha value is -5.03. The van der Waals surface area contributed by atoms with Crippen LogP contribution in [0, 0.1) is 0 Å². The summed E-state index contributed by atoms with van der Waals surface area (Å²) in [4.78, 5) is 7.75. The molecule has 0 saturated carbocycles. The predicted molar refractivity (Wildman–Crippen MR) is 170 cm³/mol. The third kappa shape index (κ3) is 3.04. The van der Waals surface area contributed by atoms with Crippen molar-refractivity contribution in [2.45, 2.75) is 43.2 Å². The molecule has 208 valence electrons. The van der Waals surface area contributed by atoms with Crippen molar-refractivity contribution in [1.29, 1.82) is 0 Å². The lowest BCUT2D eigenvalue weighted by molar-refractivity contribution is 0.105. The zero-order valence-corrected chi connectivity index (χ0v) is 23.6. The number of nitrogens with one attached hydrogen (secondary N) is 1. The lowest BCUT2D eigenvalue weighted by atomic mass is 9.58. The van der Waals surface area contributed by atoms with Crippen LogP contribution in [0.15, 0.2) is 119 Å². The number of para-hydroxylation sites is 1. The Kier molecular flexibility index (Phi) is 4.66. The maximum atomic E-state index is 7.01. The number of H-pyrrole nitrogens is 1. The highest BCUT2D eigenvalue weighted by Crippen LogP contribution is 2.61. The fraction of sp³-hybridized carbons (Fsp3) is 0.184. The molecule has 0 saturated heterocycles. The molecule has 10 rings (SSSR count). The van der Waals surface area contributed by atoms with E-state index in [1.165, 1.54) is 44.6 Å². The van der Waals surface area contributed by atoms with Gasteiger partial charge in [0.15, 0.2) is 0 Å². The first-order valence-corrected chi connectivity index (χ1v) is 15.3. The van der Waals surface area contributed by atoms with Crippen LogP contribution in [0.25, 0.3) is 22.7 Å². The first kappa shape index (κ1) is 23.5. The van der Waals surface area contributed by atoms with E-state index in [4.69, 9.17) is 9.47 Å². The molecule has 4 aromatic rings. The summed E-state index contributed by atoms with van der Waals surface area (Å²) in [6.07, 6.45) is 25.8. The minimum atomic E-state index is -0.507. The molecule has 3 atom stereocenters. The second-order valence-corrected chi connectivity index (χ2v) is 12.2. The van der Waals surface area contributed by atoms with Crippen LogP contribution in [-0.4, -0.2) is 21.9 Å². The van der Waals surface area contributed by atoms with Gasteiger partial charge >= 0.3 is 0 Å². The maximum absolute atomic E-state index is 7.01. The summed E-state index contributed by atoms with van der Waals surface area (Å²) in [6, 6.07) is 17.6. The first-order chi connectivity index (χ1) is 21.3. The Morgan fingerprint density at radius 2 is 1.93 bits per heavy atom. The van der Waals surface area contributed by atoms with Gasteiger partial charge in [0.1, 0.15) is 29.0 Å². The van der Waals surface area contributed by atoms with Gasteiger partial charge in [0.2, 0.25) is 0 Å². The summed E-state index contributed by atoms with van der Waals surface area (Å²) in [5.41, 5.74) is 10.6. The third-order valence-electron chi connectivity index (χ3n) is 10.1. The molecule has 5 heterocycles. The molecule has 0 bridgehead atoms. The topological polar surface area (TPSA) is 51.5 Å². The van der Waals surface area contributed by atoms with Gasteiger partial charge in [-0.05, 0) is 53.8 Å². The van der Waals surface area contributed by atoms with Crippen molar-refractivity contribution in [1.82, 2.24) is 9.55 Å². The molecule has 2 aromatic carbocycles. The number of ether oxygens (including phenoxy) is 2. The van der Waals surface area contributed by atoms with Crippen LogP contribution in [0.2, 0.25) is 0 Å². The quantitative estimate of drug-likeness (QED) is 0.268. The fourth-order valence-electron chi connectivity index (χ4n) is 8.25. The molecule has 6 aliphatic rings. The van der Waals surface area contributed by atoms with E-state index in [0.29, 0.717) is 0 Å². The largest absolute Gasteiger partial charge is 0.490 e. The smallest absolute Gasteiger partial charge is 0.132 e. The molecule has 3 aliphatic carbocycles. The second kappa shape index (κ2) is 8.51. The molecule has 1 spiro atoms. The molecule has 5 heteroatoms. The molecule has 0 fully saturated rings. The van der Waals surface area contributed by atoms with E-state index in [1.54, 1.807) is 0 Å². The van der Waals surface area contributed by atoms with Crippen molar-refractivity contribution in [2.75, 3.05) is 0 Å². The molecule has 0 radical (unpaired) electrons. The van der Waals surface area contributed by atoms with Gasteiger partial charge < -0.3 is 19.0 Å². The molecule has 3 unspecified atom stereocenters. The molecule has 0 amide bonds. The van der Waals surface area contributed by atoms with E-state index in [-0.39, 0.29) is 12.1 Å².